The molecule has 3 aliphatic heterocycles. The summed E-state index contributed by atoms with van der Waals surface area (Å²) < 4.78 is 0. The van der Waals surface area contributed by atoms with E-state index < -0.39 is 8.07 Å². The topological polar surface area (TPSA) is 92.9 Å². The number of hydrogen-bond donors (Lipinski definition) is 1. The summed E-state index contributed by atoms with van der Waals surface area (Å²) in [7, 11) is 5.07. The van der Waals surface area contributed by atoms with Gasteiger partial charge >= 0.3 is 49.6 Å². The Morgan fingerprint density at radius 3 is 1.30 bits per heavy atom. The van der Waals surface area contributed by atoms with Crippen LogP contribution in [0.1, 0.15) is 27.7 Å². The zero-order valence-corrected chi connectivity index (χ0v) is 39.7. The number of carbonyl (C=O) groups excluding carboxylic acids is 1. The Balaban J connectivity index is -0.000000224. The molecule has 3 rings (SSSR count). The second-order valence-corrected chi connectivity index (χ2v) is 43.2. The van der Waals surface area contributed by atoms with Crippen LogP contribution in [0.2, 0.25) is 19.6 Å². The van der Waals surface area contributed by atoms with Crippen LogP contribution in [0.25, 0.3) is 0 Å². The molecule has 3 fully saturated rings. The van der Waals surface area contributed by atoms with E-state index in [0.29, 0.717) is 0 Å². The van der Waals surface area contributed by atoms with Crippen LogP contribution in [0, 0.1) is 29.0 Å². The van der Waals surface area contributed by atoms with E-state index in [4.69, 9.17) is 15.3 Å². The standard InChI is InChI=1S/C8H15N3.C8H18N2.C5H12N2.C4H9NSi.C3H9P.C2H4O.2HI.Zn/c1-8(7-9)11-5-3-10(2)4-6-11;1-8(2)10-6-4-9(3)5-7-10;1-7-4-2-6-3-5-7;1-6(2,3)4-5;1-4(2)3;1-2-3;;;/h8H,3-6H2,1-2H3;8H,4-7H2,1-3H3;6H,2-5H2,1H3;1-3H3;4H,1H2,2-3H3;2H,1H3;2*1H;/q;;;;;;;;+2/p-2. The van der Waals surface area contributed by atoms with Crippen molar-refractivity contribution in [3.05, 3.63) is 6.66 Å². The number of carbonyl (C=O) groups is 1. The van der Waals surface area contributed by atoms with Crippen molar-refractivity contribution in [2.75, 3.05) is 113 Å². The van der Waals surface area contributed by atoms with Crippen LogP contribution in [0.4, 0.5) is 0 Å². The zero-order valence-electron chi connectivity index (χ0n) is 30.4. The Morgan fingerprint density at radius 1 is 0.818 bits per heavy atom. The van der Waals surface area contributed by atoms with E-state index in [9.17, 15) is 0 Å². The molecular formula is C30H67I2N8OPSiZn. The average molecular weight is 934 g/mol. The Labute approximate surface area is 305 Å². The molecule has 1 unspecified atom stereocenters. The van der Waals surface area contributed by atoms with Crippen LogP contribution >= 0.6 is 47.4 Å². The summed E-state index contributed by atoms with van der Waals surface area (Å²) in [6, 6.07) is 3.07. The summed E-state index contributed by atoms with van der Waals surface area (Å²) in [6.07, 6.45) is 0.750. The van der Waals surface area contributed by atoms with E-state index in [1.54, 1.807) is 0 Å². The molecular weight excluding hydrogens is 867 g/mol. The van der Waals surface area contributed by atoms with E-state index in [0.717, 1.165) is 51.6 Å². The van der Waals surface area contributed by atoms with Gasteiger partial charge in [-0.25, -0.2) is 5.26 Å². The Bertz CT molecular complexity index is 702. The fraction of sp³-hybridized carbons (Fsp3) is 0.867. The number of halogens is 2. The average Bonchev–Trinajstić information content (AvgIpc) is 2.95. The molecule has 258 valence electrons. The van der Waals surface area contributed by atoms with Gasteiger partial charge in [0.25, 0.3) is 0 Å². The minimum atomic E-state index is -1.33. The molecule has 3 heterocycles. The van der Waals surface area contributed by atoms with Crippen LogP contribution in [0.3, 0.4) is 0 Å². The van der Waals surface area contributed by atoms with Gasteiger partial charge in [0.2, 0.25) is 0 Å². The van der Waals surface area contributed by atoms with Gasteiger partial charge in [0.1, 0.15) is 6.29 Å². The van der Waals surface area contributed by atoms with Gasteiger partial charge in [-0.15, -0.1) is 7.92 Å². The fourth-order valence-corrected chi connectivity index (χ4v) is 3.41. The van der Waals surface area contributed by atoms with Crippen molar-refractivity contribution in [1.82, 2.24) is 29.8 Å². The maximum absolute atomic E-state index is 8.81. The third-order valence-corrected chi connectivity index (χ3v) is 6.89. The summed E-state index contributed by atoms with van der Waals surface area (Å²) in [6.45, 7) is 36.0. The van der Waals surface area contributed by atoms with E-state index >= 15 is 0 Å². The maximum atomic E-state index is 8.81. The van der Waals surface area contributed by atoms with Gasteiger partial charge in [-0.3, -0.25) is 9.80 Å². The van der Waals surface area contributed by atoms with E-state index in [1.807, 2.05) is 26.6 Å². The molecule has 0 spiro atoms. The number of nitrogens with one attached hydrogen (secondary N) is 1. The van der Waals surface area contributed by atoms with E-state index in [1.165, 1.54) is 46.2 Å². The van der Waals surface area contributed by atoms with Crippen LogP contribution in [0.5, 0.6) is 0 Å². The predicted molar refractivity (Wildman–Crippen MR) is 213 cm³/mol. The second kappa shape index (κ2) is 35.4. The van der Waals surface area contributed by atoms with Gasteiger partial charge < -0.3 is 24.8 Å². The molecule has 0 aliphatic carbocycles. The first kappa shape index (κ1) is 52.0. The summed E-state index contributed by atoms with van der Waals surface area (Å²) >= 11 is 4.93. The van der Waals surface area contributed by atoms with Crippen molar-refractivity contribution < 1.29 is 14.9 Å². The van der Waals surface area contributed by atoms with Crippen LogP contribution < -0.4 is 5.32 Å². The number of rotatable bonds is 2. The molecule has 44 heavy (non-hydrogen) atoms. The van der Waals surface area contributed by atoms with Crippen molar-refractivity contribution in [2.24, 2.45) is 0 Å². The quantitative estimate of drug-likeness (QED) is 0.136. The number of nitriles is 2. The summed E-state index contributed by atoms with van der Waals surface area (Å²) in [5.74, 6) is 0. The fourth-order valence-electron chi connectivity index (χ4n) is 3.41. The first-order valence-corrected chi connectivity index (χ1v) is 40.0. The summed E-state index contributed by atoms with van der Waals surface area (Å²) in [4.78, 5) is 20.6. The van der Waals surface area contributed by atoms with Gasteiger partial charge in [-0.1, -0.05) is 19.6 Å². The predicted octanol–water partition coefficient (Wildman–Crippen LogP) is 4.92. The number of piperazine rings is 3. The van der Waals surface area contributed by atoms with Crippen molar-refractivity contribution in [2.45, 2.75) is 59.4 Å². The first-order chi connectivity index (χ1) is 20.4. The van der Waals surface area contributed by atoms with Gasteiger partial charge in [0.05, 0.1) is 12.1 Å². The monoisotopic (exact) mass is 932 g/mol. The van der Waals surface area contributed by atoms with Crippen molar-refractivity contribution >= 4 is 61.8 Å². The minimum absolute atomic E-state index is 0.0650. The second-order valence-electron chi connectivity index (χ2n) is 12.5. The molecule has 0 aromatic heterocycles. The van der Waals surface area contributed by atoms with E-state index in [2.05, 4.69) is 136 Å². The molecule has 0 radical (unpaired) electrons. The van der Waals surface area contributed by atoms with Crippen LogP contribution in [-0.4, -0.2) is 164 Å². The van der Waals surface area contributed by atoms with Gasteiger partial charge in [-0.05, 0) is 48.8 Å². The SMILES string of the molecule is CC(C#N)N1CCN(C)CC1.CC(C)N1CCN(C)CC1.CC=O.CN1CCNCC1.C[Si](C)(C)C#N.[CH2-][PH+](C)C.[I][Zn][I]. The Morgan fingerprint density at radius 2 is 1.09 bits per heavy atom. The van der Waals surface area contributed by atoms with Gasteiger partial charge in [0.15, 0.2) is 8.07 Å². The first-order valence-electron chi connectivity index (χ1n) is 15.6. The summed E-state index contributed by atoms with van der Waals surface area (Å²) in [5.41, 5.74) is 2.24. The van der Waals surface area contributed by atoms with Gasteiger partial charge in [-0.2, -0.15) is 11.9 Å². The number of nitrogens with zero attached hydrogens (tertiary/aromatic N) is 7. The molecule has 9 nitrogen and oxygen atoms in total. The number of aldehydes is 1. The van der Waals surface area contributed by atoms with Crippen LogP contribution in [0.15, 0.2) is 0 Å². The zero-order chi connectivity index (χ0) is 35.1. The molecule has 0 aromatic carbocycles. The molecule has 1 atom stereocenters. The molecule has 3 saturated heterocycles. The number of hydrogen-bond acceptors (Lipinski definition) is 9. The Hall–Kier alpha value is 1.14. The van der Waals surface area contributed by atoms with Crippen molar-refractivity contribution in [1.29, 1.82) is 10.5 Å². The van der Waals surface area contributed by atoms with Crippen molar-refractivity contribution in [3.63, 3.8) is 0 Å². The molecule has 14 heteroatoms. The Kier molecular flexibility index (Phi) is 41.9. The molecule has 0 aromatic rings. The number of likely N-dealkylation sites (N-methyl/N-ethyl adjacent to an activating group) is 3. The van der Waals surface area contributed by atoms with Crippen molar-refractivity contribution in [3.8, 4) is 11.8 Å². The normalized spacial score (nSPS) is 18.3. The third-order valence-electron chi connectivity index (χ3n) is 6.22. The molecule has 1 N–H and O–H groups in total. The molecule has 3 aliphatic rings. The van der Waals surface area contributed by atoms with E-state index in [-0.39, 0.29) is 24.1 Å². The van der Waals surface area contributed by atoms with Crippen LogP contribution in [-0.2, 0) is 14.9 Å². The molecule has 0 bridgehead atoms. The molecule has 0 amide bonds. The summed E-state index contributed by atoms with van der Waals surface area (Å²) in [5, 5.41) is 20.1. The third kappa shape index (κ3) is 43.1. The van der Waals surface area contributed by atoms with Gasteiger partial charge in [0, 0.05) is 104 Å². The molecule has 0 saturated carbocycles.